The van der Waals surface area contributed by atoms with Crippen LogP contribution in [0.3, 0.4) is 0 Å². The Morgan fingerprint density at radius 1 is 1.22 bits per heavy atom. The average Bonchev–Trinajstić information content (AvgIpc) is 3.01. The lowest BCUT2D eigenvalue weighted by atomic mass is 10.2. The van der Waals surface area contributed by atoms with Crippen LogP contribution in [0.1, 0.15) is 11.4 Å². The third kappa shape index (κ3) is 3.00. The van der Waals surface area contributed by atoms with E-state index in [0.717, 1.165) is 0 Å². The third-order valence-electron chi connectivity index (χ3n) is 3.18. The number of nitrogens with two attached hydrogens (primary N) is 1. The zero-order chi connectivity index (χ0) is 16.2. The topological polar surface area (TPSA) is 102 Å². The molecule has 116 valence electrons. The van der Waals surface area contributed by atoms with Crippen molar-refractivity contribution in [3.8, 4) is 11.5 Å². The maximum absolute atomic E-state index is 13.8. The van der Waals surface area contributed by atoms with Crippen LogP contribution in [0.25, 0.3) is 11.5 Å². The summed E-state index contributed by atoms with van der Waals surface area (Å²) in [5.41, 5.74) is 6.59. The van der Waals surface area contributed by atoms with Crippen molar-refractivity contribution in [2.24, 2.45) is 10.9 Å². The molecule has 0 amide bonds. The molecule has 2 heterocycles. The van der Waals surface area contributed by atoms with Crippen molar-refractivity contribution in [3.05, 3.63) is 65.9 Å². The van der Waals surface area contributed by atoms with Crippen LogP contribution < -0.4 is 5.73 Å². The highest BCUT2D eigenvalue weighted by molar-refractivity contribution is 5.94. The van der Waals surface area contributed by atoms with E-state index < -0.39 is 0 Å². The van der Waals surface area contributed by atoms with Gasteiger partial charge in [-0.25, -0.2) is 14.1 Å². The molecule has 0 aliphatic carbocycles. The smallest absolute Gasteiger partial charge is 0.207 e. The molecule has 0 saturated heterocycles. The summed E-state index contributed by atoms with van der Waals surface area (Å²) >= 11 is 0. The molecule has 0 fully saturated rings. The first kappa shape index (κ1) is 14.6. The first-order valence-corrected chi connectivity index (χ1v) is 6.76. The number of halogens is 1. The molecule has 3 N–H and O–H groups in total. The number of nitrogens with zero attached hydrogens (tertiary/aromatic N) is 5. The van der Waals surface area contributed by atoms with Crippen LogP contribution in [0, 0.1) is 5.82 Å². The van der Waals surface area contributed by atoms with Crippen LogP contribution in [0.5, 0.6) is 0 Å². The largest absolute Gasteiger partial charge is 0.409 e. The van der Waals surface area contributed by atoms with Crippen LogP contribution in [0.15, 0.2) is 53.8 Å². The molecule has 7 nitrogen and oxygen atoms in total. The molecule has 1 aromatic carbocycles. The van der Waals surface area contributed by atoms with Gasteiger partial charge in [0.25, 0.3) is 0 Å². The molecule has 0 radical (unpaired) electrons. The summed E-state index contributed by atoms with van der Waals surface area (Å²) in [5, 5.41) is 16.1. The lowest BCUT2D eigenvalue weighted by Crippen LogP contribution is -2.21. The van der Waals surface area contributed by atoms with Gasteiger partial charge in [0, 0.05) is 11.8 Å². The molecule has 3 rings (SSSR count). The van der Waals surface area contributed by atoms with Gasteiger partial charge in [0.15, 0.2) is 11.6 Å². The summed E-state index contributed by atoms with van der Waals surface area (Å²) in [7, 11) is 0. The van der Waals surface area contributed by atoms with Gasteiger partial charge < -0.3 is 10.9 Å². The number of oxime groups is 1. The molecule has 0 saturated carbocycles. The molecule has 0 bridgehead atoms. The van der Waals surface area contributed by atoms with Gasteiger partial charge in [-0.3, -0.25) is 4.98 Å². The molecule has 0 aliphatic rings. The Labute approximate surface area is 130 Å². The van der Waals surface area contributed by atoms with Gasteiger partial charge in [-0.1, -0.05) is 29.4 Å². The number of hydrogen-bond acceptors (Lipinski definition) is 5. The number of rotatable bonds is 4. The normalized spacial score (nSPS) is 11.6. The fourth-order valence-corrected chi connectivity index (χ4v) is 2.08. The van der Waals surface area contributed by atoms with Gasteiger partial charge in [-0.2, -0.15) is 0 Å². The summed E-state index contributed by atoms with van der Waals surface area (Å²) in [6.07, 6.45) is 1.61. The number of pyridine rings is 1. The molecule has 8 heteroatoms. The van der Waals surface area contributed by atoms with Crippen LogP contribution in [0.2, 0.25) is 0 Å². The molecule has 2 aromatic heterocycles. The lowest BCUT2D eigenvalue weighted by Gasteiger charge is -2.05. The van der Waals surface area contributed by atoms with Gasteiger partial charge in [0.1, 0.15) is 11.5 Å². The minimum Gasteiger partial charge on any atom is -0.409 e. The van der Waals surface area contributed by atoms with Crippen LogP contribution >= 0.6 is 0 Å². The number of amidine groups is 1. The molecule has 0 aliphatic heterocycles. The summed E-state index contributed by atoms with van der Waals surface area (Å²) in [4.78, 5) is 8.39. The van der Waals surface area contributed by atoms with Crippen molar-refractivity contribution >= 4 is 5.84 Å². The second-order valence-corrected chi connectivity index (χ2v) is 4.71. The van der Waals surface area contributed by atoms with E-state index in [0.29, 0.717) is 17.1 Å². The van der Waals surface area contributed by atoms with Crippen LogP contribution in [-0.4, -0.2) is 30.8 Å². The summed E-state index contributed by atoms with van der Waals surface area (Å²) in [6, 6.07) is 11.6. The molecule has 3 aromatic rings. The number of hydrogen-bond donors (Lipinski definition) is 2. The fourth-order valence-electron chi connectivity index (χ4n) is 2.08. The first-order valence-electron chi connectivity index (χ1n) is 6.76. The SMILES string of the molecule is NC(=NO)c1nc(-c2ccccn2)nn1Cc1ccccc1F. The van der Waals surface area contributed by atoms with Crippen molar-refractivity contribution in [2.45, 2.75) is 6.54 Å². The predicted molar refractivity (Wildman–Crippen MR) is 81.3 cm³/mol. The second-order valence-electron chi connectivity index (χ2n) is 4.71. The van der Waals surface area contributed by atoms with E-state index in [1.165, 1.54) is 10.7 Å². The Bertz CT molecular complexity index is 846. The third-order valence-corrected chi connectivity index (χ3v) is 3.18. The zero-order valence-electron chi connectivity index (χ0n) is 12.0. The van der Waals surface area contributed by atoms with Gasteiger partial charge >= 0.3 is 0 Å². The molecule has 23 heavy (non-hydrogen) atoms. The summed E-state index contributed by atoms with van der Waals surface area (Å²) < 4.78 is 15.2. The Morgan fingerprint density at radius 3 is 2.70 bits per heavy atom. The predicted octanol–water partition coefficient (Wildman–Crippen LogP) is 1.62. The average molecular weight is 312 g/mol. The van der Waals surface area contributed by atoms with E-state index in [4.69, 9.17) is 10.9 Å². The van der Waals surface area contributed by atoms with E-state index >= 15 is 0 Å². The van der Waals surface area contributed by atoms with Crippen molar-refractivity contribution in [1.82, 2.24) is 19.7 Å². The molecule has 0 spiro atoms. The highest BCUT2D eigenvalue weighted by atomic mass is 19.1. The van der Waals surface area contributed by atoms with Gasteiger partial charge in [-0.05, 0) is 18.2 Å². The highest BCUT2D eigenvalue weighted by Crippen LogP contribution is 2.15. The van der Waals surface area contributed by atoms with E-state index in [-0.39, 0.29) is 24.0 Å². The fraction of sp³-hybridized carbons (Fsp3) is 0.0667. The van der Waals surface area contributed by atoms with Crippen LogP contribution in [0.4, 0.5) is 4.39 Å². The van der Waals surface area contributed by atoms with Crippen LogP contribution in [-0.2, 0) is 6.54 Å². The molecular formula is C15H13FN6O. The van der Waals surface area contributed by atoms with Crippen molar-refractivity contribution in [3.63, 3.8) is 0 Å². The van der Waals surface area contributed by atoms with Crippen molar-refractivity contribution < 1.29 is 9.60 Å². The van der Waals surface area contributed by atoms with Crippen molar-refractivity contribution in [2.75, 3.05) is 0 Å². The Kier molecular flexibility index (Phi) is 3.96. The van der Waals surface area contributed by atoms with Crippen molar-refractivity contribution in [1.29, 1.82) is 0 Å². The van der Waals surface area contributed by atoms with E-state index in [9.17, 15) is 4.39 Å². The maximum atomic E-state index is 13.8. The molecular weight excluding hydrogens is 299 g/mol. The minimum atomic E-state index is -0.368. The first-order chi connectivity index (χ1) is 11.2. The van der Waals surface area contributed by atoms with Gasteiger partial charge in [0.2, 0.25) is 5.84 Å². The molecule has 0 atom stereocenters. The quantitative estimate of drug-likeness (QED) is 0.330. The highest BCUT2D eigenvalue weighted by Gasteiger charge is 2.17. The Hall–Kier alpha value is -3.29. The monoisotopic (exact) mass is 312 g/mol. The summed E-state index contributed by atoms with van der Waals surface area (Å²) in [5.74, 6) is -0.135. The Balaban J connectivity index is 2.05. The van der Waals surface area contributed by atoms with Gasteiger partial charge in [0.05, 0.1) is 6.54 Å². The lowest BCUT2D eigenvalue weighted by molar-refractivity contribution is 0.318. The van der Waals surface area contributed by atoms with E-state index in [1.807, 2.05) is 0 Å². The maximum Gasteiger partial charge on any atom is 0.207 e. The zero-order valence-corrected chi connectivity index (χ0v) is 12.0. The summed E-state index contributed by atoms with van der Waals surface area (Å²) in [6.45, 7) is 0.0953. The standard InChI is InChI=1S/C15H13FN6O/c16-11-6-2-1-5-10(11)9-22-15(13(17)21-23)19-14(20-22)12-7-3-4-8-18-12/h1-8,23H,9H2,(H2,17,21). The Morgan fingerprint density at radius 2 is 2.00 bits per heavy atom. The molecule has 0 unspecified atom stereocenters. The number of aromatic nitrogens is 4. The van der Waals surface area contributed by atoms with Gasteiger partial charge in [-0.15, -0.1) is 5.10 Å². The van der Waals surface area contributed by atoms with E-state index in [2.05, 4.69) is 20.2 Å². The van der Waals surface area contributed by atoms with E-state index in [1.54, 1.807) is 42.6 Å². The number of benzene rings is 1. The minimum absolute atomic E-state index is 0.0953. The second kappa shape index (κ2) is 6.22.